The van der Waals surface area contributed by atoms with E-state index >= 15 is 0 Å². The predicted molar refractivity (Wildman–Crippen MR) is 75.3 cm³/mol. The molecule has 0 aliphatic heterocycles. The highest BCUT2D eigenvalue weighted by molar-refractivity contribution is 7.91. The second-order valence-corrected chi connectivity index (χ2v) is 7.10. The van der Waals surface area contributed by atoms with Crippen molar-refractivity contribution in [2.75, 3.05) is 6.54 Å². The summed E-state index contributed by atoms with van der Waals surface area (Å²) in [4.78, 5) is 4.84. The van der Waals surface area contributed by atoms with Gasteiger partial charge >= 0.3 is 0 Å². The first kappa shape index (κ1) is 14.1. The Labute approximate surface area is 116 Å². The summed E-state index contributed by atoms with van der Waals surface area (Å²) in [6.07, 6.45) is 4.03. The molecule has 7 heteroatoms. The molecule has 0 aliphatic rings. The van der Waals surface area contributed by atoms with Gasteiger partial charge in [0.05, 0.1) is 0 Å². The zero-order valence-electron chi connectivity index (χ0n) is 10.2. The van der Waals surface area contributed by atoms with Crippen molar-refractivity contribution in [3.05, 3.63) is 47.1 Å². The molecule has 0 saturated heterocycles. The van der Waals surface area contributed by atoms with Crippen LogP contribution in [-0.2, 0) is 23.0 Å². The zero-order chi connectivity index (χ0) is 13.7. The highest BCUT2D eigenvalue weighted by Crippen LogP contribution is 2.20. The van der Waals surface area contributed by atoms with E-state index in [0.717, 1.165) is 10.4 Å². The summed E-state index contributed by atoms with van der Waals surface area (Å²) in [5.74, 6) is 0. The fraction of sp³-hybridized carbons (Fsp3) is 0.250. The number of nitrogens with zero attached hydrogens (tertiary/aromatic N) is 1. The Hall–Kier alpha value is -1.28. The molecule has 0 atom stereocenters. The first-order chi connectivity index (χ1) is 9.12. The summed E-state index contributed by atoms with van der Waals surface area (Å²) in [6.45, 7) is 0.708. The number of sulfonamides is 1. The zero-order valence-corrected chi connectivity index (χ0v) is 11.9. The van der Waals surface area contributed by atoms with Gasteiger partial charge in [-0.3, -0.25) is 4.98 Å². The van der Waals surface area contributed by atoms with Crippen LogP contribution in [0, 0.1) is 0 Å². The van der Waals surface area contributed by atoms with E-state index in [1.54, 1.807) is 24.5 Å². The maximum absolute atomic E-state index is 12.0. The van der Waals surface area contributed by atoms with Gasteiger partial charge in [0.15, 0.2) is 0 Å². The molecule has 0 aliphatic carbocycles. The van der Waals surface area contributed by atoms with Crippen LogP contribution in [0.25, 0.3) is 0 Å². The van der Waals surface area contributed by atoms with Gasteiger partial charge in [-0.25, -0.2) is 13.1 Å². The first-order valence-corrected chi connectivity index (χ1v) is 8.09. The minimum absolute atomic E-state index is 0.305. The average Bonchev–Trinajstić information content (AvgIpc) is 2.89. The van der Waals surface area contributed by atoms with Crippen LogP contribution < -0.4 is 10.5 Å². The SMILES string of the molecule is NCc1ccc(S(=O)(=O)NCCc2cccnc2)s1. The molecule has 0 radical (unpaired) electrons. The molecule has 0 unspecified atom stereocenters. The van der Waals surface area contributed by atoms with Crippen LogP contribution in [0.15, 0.2) is 40.9 Å². The van der Waals surface area contributed by atoms with E-state index in [0.29, 0.717) is 23.7 Å². The second kappa shape index (κ2) is 6.25. The van der Waals surface area contributed by atoms with Crippen molar-refractivity contribution in [3.8, 4) is 0 Å². The van der Waals surface area contributed by atoms with E-state index in [1.165, 1.54) is 11.3 Å². The van der Waals surface area contributed by atoms with Crippen LogP contribution in [0.2, 0.25) is 0 Å². The van der Waals surface area contributed by atoms with Gasteiger partial charge in [0.2, 0.25) is 10.0 Å². The highest BCUT2D eigenvalue weighted by Gasteiger charge is 2.15. The maximum atomic E-state index is 12.0. The summed E-state index contributed by atoms with van der Waals surface area (Å²) < 4.78 is 26.9. The van der Waals surface area contributed by atoms with E-state index in [4.69, 9.17) is 5.73 Å². The number of aromatic nitrogens is 1. The molecule has 0 fully saturated rings. The monoisotopic (exact) mass is 297 g/mol. The number of pyridine rings is 1. The van der Waals surface area contributed by atoms with Crippen molar-refractivity contribution in [1.82, 2.24) is 9.71 Å². The lowest BCUT2D eigenvalue weighted by Crippen LogP contribution is -2.25. The molecule has 3 N–H and O–H groups in total. The van der Waals surface area contributed by atoms with Crippen molar-refractivity contribution in [3.63, 3.8) is 0 Å². The predicted octanol–water partition coefficient (Wildman–Crippen LogP) is 1.12. The van der Waals surface area contributed by atoms with E-state index in [9.17, 15) is 8.42 Å². The lowest BCUT2D eigenvalue weighted by atomic mass is 10.2. The summed E-state index contributed by atoms with van der Waals surface area (Å²) in [6, 6.07) is 7.06. The third-order valence-electron chi connectivity index (χ3n) is 2.53. The van der Waals surface area contributed by atoms with Crippen molar-refractivity contribution in [2.24, 2.45) is 5.73 Å². The van der Waals surface area contributed by atoms with Gasteiger partial charge in [-0.05, 0) is 30.2 Å². The Balaban J connectivity index is 1.94. The molecule has 0 aromatic carbocycles. The van der Waals surface area contributed by atoms with Crippen molar-refractivity contribution in [2.45, 2.75) is 17.2 Å². The van der Waals surface area contributed by atoms with E-state index in [-0.39, 0.29) is 0 Å². The topological polar surface area (TPSA) is 85.1 Å². The minimum atomic E-state index is -3.43. The molecule has 2 rings (SSSR count). The lowest BCUT2D eigenvalue weighted by molar-refractivity contribution is 0.583. The lowest BCUT2D eigenvalue weighted by Gasteiger charge is -2.04. The molecular formula is C12H15N3O2S2. The van der Waals surface area contributed by atoms with E-state index < -0.39 is 10.0 Å². The molecule has 0 amide bonds. The third-order valence-corrected chi connectivity index (χ3v) is 5.59. The number of nitrogens with one attached hydrogen (secondary N) is 1. The minimum Gasteiger partial charge on any atom is -0.326 e. The molecule has 0 saturated carbocycles. The van der Waals surface area contributed by atoms with Crippen molar-refractivity contribution in [1.29, 1.82) is 0 Å². The fourth-order valence-electron chi connectivity index (χ4n) is 1.56. The Kier molecular flexibility index (Phi) is 4.65. The first-order valence-electron chi connectivity index (χ1n) is 5.79. The molecular weight excluding hydrogens is 282 g/mol. The van der Waals surface area contributed by atoms with Crippen molar-refractivity contribution < 1.29 is 8.42 Å². The number of thiophene rings is 1. The summed E-state index contributed by atoms with van der Waals surface area (Å²) in [7, 11) is -3.43. The van der Waals surface area contributed by atoms with Gasteiger partial charge in [-0.1, -0.05) is 6.07 Å². The highest BCUT2D eigenvalue weighted by atomic mass is 32.2. The molecule has 5 nitrogen and oxygen atoms in total. The van der Waals surface area contributed by atoms with Gasteiger partial charge in [-0.15, -0.1) is 11.3 Å². The van der Waals surface area contributed by atoms with Crippen LogP contribution in [-0.4, -0.2) is 19.9 Å². The van der Waals surface area contributed by atoms with Gasteiger partial charge < -0.3 is 5.73 Å². The van der Waals surface area contributed by atoms with Crippen LogP contribution in [0.4, 0.5) is 0 Å². The Morgan fingerprint density at radius 1 is 1.32 bits per heavy atom. The second-order valence-electron chi connectivity index (χ2n) is 3.93. The normalized spacial score (nSPS) is 11.6. The Morgan fingerprint density at radius 2 is 2.16 bits per heavy atom. The van der Waals surface area contributed by atoms with Gasteiger partial charge in [0, 0.05) is 30.4 Å². The molecule has 2 aromatic heterocycles. The summed E-state index contributed by atoms with van der Waals surface area (Å²) in [5.41, 5.74) is 6.47. The van der Waals surface area contributed by atoms with Crippen LogP contribution in [0.3, 0.4) is 0 Å². The van der Waals surface area contributed by atoms with E-state index in [2.05, 4.69) is 9.71 Å². The van der Waals surface area contributed by atoms with Crippen LogP contribution in [0.1, 0.15) is 10.4 Å². The summed E-state index contributed by atoms with van der Waals surface area (Å²) in [5, 5.41) is 0. The maximum Gasteiger partial charge on any atom is 0.250 e. The average molecular weight is 297 g/mol. The van der Waals surface area contributed by atoms with Crippen LogP contribution >= 0.6 is 11.3 Å². The molecule has 2 aromatic rings. The summed E-state index contributed by atoms with van der Waals surface area (Å²) >= 11 is 1.20. The largest absolute Gasteiger partial charge is 0.326 e. The molecule has 2 heterocycles. The smallest absolute Gasteiger partial charge is 0.250 e. The number of nitrogens with two attached hydrogens (primary N) is 1. The number of hydrogen-bond donors (Lipinski definition) is 2. The van der Waals surface area contributed by atoms with Gasteiger partial charge in [-0.2, -0.15) is 0 Å². The van der Waals surface area contributed by atoms with Gasteiger partial charge in [0.25, 0.3) is 0 Å². The molecule has 102 valence electrons. The van der Waals surface area contributed by atoms with Gasteiger partial charge in [0.1, 0.15) is 4.21 Å². The number of hydrogen-bond acceptors (Lipinski definition) is 5. The quantitative estimate of drug-likeness (QED) is 0.837. The molecule has 0 spiro atoms. The van der Waals surface area contributed by atoms with Crippen molar-refractivity contribution >= 4 is 21.4 Å². The standard InChI is InChI=1S/C12H15N3O2S2/c13-8-11-3-4-12(18-11)19(16,17)15-7-5-10-2-1-6-14-9-10/h1-4,6,9,15H,5,7-8,13H2. The Bertz CT molecular complexity index is 623. The molecule has 0 bridgehead atoms. The van der Waals surface area contributed by atoms with Crippen LogP contribution in [0.5, 0.6) is 0 Å². The van der Waals surface area contributed by atoms with E-state index in [1.807, 2.05) is 12.1 Å². The third kappa shape index (κ3) is 3.84. The molecule has 19 heavy (non-hydrogen) atoms. The Morgan fingerprint density at radius 3 is 2.79 bits per heavy atom. The fourth-order valence-corrected chi connectivity index (χ4v) is 3.87. The number of rotatable bonds is 6.